The van der Waals surface area contributed by atoms with Gasteiger partial charge in [0.05, 0.1) is 0 Å². The highest BCUT2D eigenvalue weighted by atomic mass is 16.6. The molecule has 0 aliphatic rings. The molecular formula is C75H120O6. The fourth-order valence-corrected chi connectivity index (χ4v) is 8.62. The molecule has 0 aliphatic carbocycles. The lowest BCUT2D eigenvalue weighted by Gasteiger charge is -2.18. The average molecular weight is 1120 g/mol. The maximum Gasteiger partial charge on any atom is 0.306 e. The van der Waals surface area contributed by atoms with Crippen LogP contribution < -0.4 is 0 Å². The summed E-state index contributed by atoms with van der Waals surface area (Å²) >= 11 is 0. The molecule has 0 aromatic heterocycles. The summed E-state index contributed by atoms with van der Waals surface area (Å²) in [5, 5.41) is 0. The summed E-state index contributed by atoms with van der Waals surface area (Å²) in [5.41, 5.74) is 0. The quantitative estimate of drug-likeness (QED) is 0.0261. The lowest BCUT2D eigenvalue weighted by atomic mass is 10.0. The van der Waals surface area contributed by atoms with E-state index in [-0.39, 0.29) is 31.1 Å². The van der Waals surface area contributed by atoms with Crippen molar-refractivity contribution in [3.8, 4) is 0 Å². The van der Waals surface area contributed by atoms with Gasteiger partial charge in [0.2, 0.25) is 0 Å². The zero-order chi connectivity index (χ0) is 58.5. The maximum atomic E-state index is 12.9. The molecule has 0 aliphatic heterocycles. The Balaban J connectivity index is 4.49. The van der Waals surface area contributed by atoms with Gasteiger partial charge in [0.15, 0.2) is 6.10 Å². The summed E-state index contributed by atoms with van der Waals surface area (Å²) in [4.78, 5) is 38.4. The standard InChI is InChI=1S/C75H120O6/c1-4-7-10-13-16-19-22-25-28-30-32-34-36-37-39-40-42-44-47-50-53-56-59-62-65-68-74(77)80-71-72(70-79-73(76)67-64-61-58-55-52-49-46-27-24-21-18-15-12-9-6-3)81-75(78)69-66-63-60-57-54-51-48-45-43-41-38-35-33-31-29-26-23-20-17-14-11-8-5-2/h7,9-10,12,16,18-19,21,23,25-28,31-34,37,39,42,44,46,50,52-53,55,72H,4-6,8,11,13-15,17,20,22,24,29-30,35-36,38,40-41,43,45,47-49,51,54,56-71H2,1-3H3/b10-7-,12-9-,19-16-,21-18-,26-23-,28-25-,33-31-,34-32-,39-37-,44-42-,46-27-,53-50-,55-52-. The molecular weight excluding hydrogens is 997 g/mol. The Morgan fingerprint density at radius 1 is 0.259 bits per heavy atom. The second-order valence-electron chi connectivity index (χ2n) is 21.3. The van der Waals surface area contributed by atoms with Crippen molar-refractivity contribution in [1.82, 2.24) is 0 Å². The lowest BCUT2D eigenvalue weighted by Crippen LogP contribution is -2.30. The highest BCUT2D eigenvalue weighted by molar-refractivity contribution is 5.71. The molecule has 81 heavy (non-hydrogen) atoms. The molecule has 0 N–H and O–H groups in total. The van der Waals surface area contributed by atoms with Crippen molar-refractivity contribution in [2.75, 3.05) is 13.2 Å². The molecule has 6 nitrogen and oxygen atoms in total. The van der Waals surface area contributed by atoms with E-state index in [1.165, 1.54) is 96.3 Å². The van der Waals surface area contributed by atoms with E-state index in [0.717, 1.165) is 135 Å². The van der Waals surface area contributed by atoms with Crippen LogP contribution in [0.3, 0.4) is 0 Å². The van der Waals surface area contributed by atoms with Gasteiger partial charge < -0.3 is 14.2 Å². The van der Waals surface area contributed by atoms with Crippen molar-refractivity contribution in [2.24, 2.45) is 0 Å². The van der Waals surface area contributed by atoms with Crippen molar-refractivity contribution in [1.29, 1.82) is 0 Å². The van der Waals surface area contributed by atoms with Gasteiger partial charge in [-0.1, -0.05) is 269 Å². The number of unbranched alkanes of at least 4 members (excludes halogenated alkanes) is 21. The number of rotatable bonds is 58. The molecule has 0 aromatic carbocycles. The Morgan fingerprint density at radius 2 is 0.481 bits per heavy atom. The van der Waals surface area contributed by atoms with Crippen molar-refractivity contribution < 1.29 is 28.6 Å². The molecule has 0 saturated carbocycles. The predicted octanol–water partition coefficient (Wildman–Crippen LogP) is 22.9. The first-order valence-electron chi connectivity index (χ1n) is 33.0. The zero-order valence-electron chi connectivity index (χ0n) is 52.2. The number of esters is 3. The number of carbonyl (C=O) groups excluding carboxylic acids is 3. The van der Waals surface area contributed by atoms with Crippen LogP contribution in [0, 0.1) is 0 Å². The fourth-order valence-electron chi connectivity index (χ4n) is 8.62. The third kappa shape index (κ3) is 65.7. The molecule has 0 saturated heterocycles. The summed E-state index contributed by atoms with van der Waals surface area (Å²) in [6.45, 7) is 6.34. The van der Waals surface area contributed by atoms with E-state index in [4.69, 9.17) is 14.2 Å². The Morgan fingerprint density at radius 3 is 0.790 bits per heavy atom. The minimum atomic E-state index is -0.820. The van der Waals surface area contributed by atoms with Crippen LogP contribution in [0.2, 0.25) is 0 Å². The molecule has 1 unspecified atom stereocenters. The van der Waals surface area contributed by atoms with Crippen molar-refractivity contribution in [3.63, 3.8) is 0 Å². The van der Waals surface area contributed by atoms with Gasteiger partial charge in [-0.25, -0.2) is 0 Å². The van der Waals surface area contributed by atoms with Crippen LogP contribution >= 0.6 is 0 Å². The van der Waals surface area contributed by atoms with Crippen LogP contribution in [0.5, 0.6) is 0 Å². The minimum Gasteiger partial charge on any atom is -0.462 e. The first-order chi connectivity index (χ1) is 40.0. The molecule has 0 heterocycles. The Bertz CT molecular complexity index is 1810. The van der Waals surface area contributed by atoms with Crippen LogP contribution in [0.25, 0.3) is 0 Å². The molecule has 6 heteroatoms. The van der Waals surface area contributed by atoms with Gasteiger partial charge >= 0.3 is 17.9 Å². The van der Waals surface area contributed by atoms with Gasteiger partial charge in [-0.15, -0.1) is 0 Å². The Kier molecular flexibility index (Phi) is 63.4. The second-order valence-corrected chi connectivity index (χ2v) is 21.3. The Hall–Kier alpha value is -4.97. The smallest absolute Gasteiger partial charge is 0.306 e. The third-order valence-electron chi connectivity index (χ3n) is 13.5. The molecule has 0 bridgehead atoms. The Labute approximate surface area is 499 Å². The monoisotopic (exact) mass is 1120 g/mol. The van der Waals surface area contributed by atoms with E-state index >= 15 is 0 Å². The van der Waals surface area contributed by atoms with E-state index in [2.05, 4.69) is 179 Å². The SMILES string of the molecule is CC/C=C\C/C=C\C/C=C\C/C=C\C/C=C\C/C=C\C/C=C\CCCCCC(=O)OCC(COC(=O)CCCC/C=C\C/C=C\C/C=C\C/C=C\CC)OC(=O)CCCCCCCCCCCCC/C=C\C/C=C\CCCCCCC. The second kappa shape index (κ2) is 67.5. The first kappa shape index (κ1) is 76.0. The summed E-state index contributed by atoms with van der Waals surface area (Å²) in [6.07, 6.45) is 98.2. The van der Waals surface area contributed by atoms with E-state index < -0.39 is 6.10 Å². The van der Waals surface area contributed by atoms with Crippen molar-refractivity contribution in [3.05, 3.63) is 158 Å². The van der Waals surface area contributed by atoms with Gasteiger partial charge in [-0.05, 0) is 148 Å². The summed E-state index contributed by atoms with van der Waals surface area (Å²) in [5.74, 6) is -0.990. The van der Waals surface area contributed by atoms with Crippen LogP contribution in [0.4, 0.5) is 0 Å². The molecule has 0 fully saturated rings. The molecule has 0 amide bonds. The van der Waals surface area contributed by atoms with Crippen LogP contribution in [0.15, 0.2) is 158 Å². The molecule has 0 aromatic rings. The van der Waals surface area contributed by atoms with Crippen LogP contribution in [0.1, 0.15) is 278 Å². The van der Waals surface area contributed by atoms with E-state index in [1.807, 2.05) is 0 Å². The maximum absolute atomic E-state index is 12.9. The highest BCUT2D eigenvalue weighted by Crippen LogP contribution is 2.15. The summed E-state index contributed by atoms with van der Waals surface area (Å²) in [6, 6.07) is 0. The predicted molar refractivity (Wildman–Crippen MR) is 352 cm³/mol. The number of hydrogen-bond acceptors (Lipinski definition) is 6. The molecule has 1 atom stereocenters. The first-order valence-corrected chi connectivity index (χ1v) is 33.0. The van der Waals surface area contributed by atoms with Crippen molar-refractivity contribution >= 4 is 17.9 Å². The summed E-state index contributed by atoms with van der Waals surface area (Å²) < 4.78 is 16.9. The van der Waals surface area contributed by atoms with Gasteiger partial charge in [0, 0.05) is 19.3 Å². The van der Waals surface area contributed by atoms with Gasteiger partial charge in [-0.3, -0.25) is 14.4 Å². The molecule has 0 rings (SSSR count). The van der Waals surface area contributed by atoms with Crippen LogP contribution in [-0.4, -0.2) is 37.2 Å². The van der Waals surface area contributed by atoms with Gasteiger partial charge in [0.25, 0.3) is 0 Å². The number of ether oxygens (including phenoxy) is 3. The summed E-state index contributed by atoms with van der Waals surface area (Å²) in [7, 11) is 0. The number of carbonyl (C=O) groups is 3. The normalized spacial score (nSPS) is 13.2. The zero-order valence-corrected chi connectivity index (χ0v) is 52.2. The van der Waals surface area contributed by atoms with Crippen molar-refractivity contribution in [2.45, 2.75) is 284 Å². The van der Waals surface area contributed by atoms with E-state index in [9.17, 15) is 14.4 Å². The fraction of sp³-hybridized carbons (Fsp3) is 0.613. The largest absolute Gasteiger partial charge is 0.462 e. The molecule has 0 spiro atoms. The van der Waals surface area contributed by atoms with E-state index in [0.29, 0.717) is 25.7 Å². The number of allylic oxidation sites excluding steroid dienone is 26. The lowest BCUT2D eigenvalue weighted by molar-refractivity contribution is -0.167. The molecule has 456 valence electrons. The van der Waals surface area contributed by atoms with E-state index in [1.54, 1.807) is 0 Å². The minimum absolute atomic E-state index is 0.116. The highest BCUT2D eigenvalue weighted by Gasteiger charge is 2.19. The number of hydrogen-bond donors (Lipinski definition) is 0. The van der Waals surface area contributed by atoms with Gasteiger partial charge in [0.1, 0.15) is 13.2 Å². The van der Waals surface area contributed by atoms with Gasteiger partial charge in [-0.2, -0.15) is 0 Å². The van der Waals surface area contributed by atoms with Crippen LogP contribution in [-0.2, 0) is 28.6 Å². The topological polar surface area (TPSA) is 78.9 Å². The average Bonchev–Trinajstić information content (AvgIpc) is 3.47. The third-order valence-corrected chi connectivity index (χ3v) is 13.5. The molecule has 0 radical (unpaired) electrons.